The van der Waals surface area contributed by atoms with Crippen molar-refractivity contribution in [3.05, 3.63) is 30.5 Å². The van der Waals surface area contributed by atoms with Crippen molar-refractivity contribution in [3.63, 3.8) is 0 Å². The van der Waals surface area contributed by atoms with Crippen LogP contribution in [0.5, 0.6) is 0 Å². The van der Waals surface area contributed by atoms with Gasteiger partial charge in [-0.15, -0.1) is 0 Å². The van der Waals surface area contributed by atoms with Gasteiger partial charge in [-0.3, -0.25) is 9.25 Å². The second kappa shape index (κ2) is 4.94. The van der Waals surface area contributed by atoms with E-state index in [1.165, 1.54) is 0 Å². The maximum absolute atomic E-state index is 4.49. The highest BCUT2D eigenvalue weighted by atomic mass is 15.3. The Morgan fingerprint density at radius 1 is 1.33 bits per heavy atom. The van der Waals surface area contributed by atoms with Crippen LogP contribution in [0.25, 0.3) is 5.82 Å². The lowest BCUT2D eigenvalue weighted by molar-refractivity contribution is 0.419. The molecular weight excluding hydrogens is 226 g/mol. The van der Waals surface area contributed by atoms with E-state index < -0.39 is 0 Å². The first-order valence-corrected chi connectivity index (χ1v) is 6.29. The molecule has 5 nitrogen and oxygen atoms in total. The van der Waals surface area contributed by atoms with Crippen molar-refractivity contribution >= 4 is 0 Å². The molecule has 98 valence electrons. The lowest BCUT2D eigenvalue weighted by Crippen LogP contribution is -2.35. The van der Waals surface area contributed by atoms with Crippen LogP contribution in [0.1, 0.15) is 33.4 Å². The van der Waals surface area contributed by atoms with Gasteiger partial charge in [0.05, 0.1) is 5.69 Å². The van der Waals surface area contributed by atoms with E-state index in [1.54, 1.807) is 0 Å². The third-order valence-electron chi connectivity index (χ3n) is 2.71. The Kier molecular flexibility index (Phi) is 3.52. The molecule has 0 radical (unpaired) electrons. The van der Waals surface area contributed by atoms with Crippen molar-refractivity contribution in [1.29, 1.82) is 0 Å². The average molecular weight is 247 g/mol. The topological polar surface area (TPSA) is 47.7 Å². The molecule has 0 atom stereocenters. The van der Waals surface area contributed by atoms with Crippen LogP contribution in [0.4, 0.5) is 0 Å². The summed E-state index contributed by atoms with van der Waals surface area (Å²) >= 11 is 0. The van der Waals surface area contributed by atoms with E-state index in [9.17, 15) is 0 Å². The van der Waals surface area contributed by atoms with Crippen molar-refractivity contribution in [2.24, 2.45) is 0 Å². The van der Waals surface area contributed by atoms with Gasteiger partial charge in [0, 0.05) is 37.1 Å². The first kappa shape index (κ1) is 12.8. The third kappa shape index (κ3) is 2.98. The highest BCUT2D eigenvalue weighted by Gasteiger charge is 2.12. The Balaban J connectivity index is 2.17. The van der Waals surface area contributed by atoms with E-state index in [1.807, 2.05) is 34.0 Å². The van der Waals surface area contributed by atoms with Crippen molar-refractivity contribution in [2.75, 3.05) is 0 Å². The van der Waals surface area contributed by atoms with Gasteiger partial charge in [-0.2, -0.15) is 5.10 Å². The normalized spacial score (nSPS) is 12.0. The summed E-state index contributed by atoms with van der Waals surface area (Å²) in [5, 5.41) is 7.95. The molecule has 2 rings (SSSR count). The molecule has 0 amide bonds. The predicted octanol–water partition coefficient (Wildman–Crippen LogP) is 1.98. The van der Waals surface area contributed by atoms with Crippen molar-refractivity contribution in [3.8, 4) is 5.82 Å². The second-order valence-electron chi connectivity index (χ2n) is 5.39. The number of hydrogen-bond acceptors (Lipinski definition) is 3. The summed E-state index contributed by atoms with van der Waals surface area (Å²) in [6, 6.07) is 2.01. The van der Waals surface area contributed by atoms with E-state index in [0.717, 1.165) is 24.6 Å². The molecule has 0 unspecified atom stereocenters. The lowest BCUT2D eigenvalue weighted by atomic mass is 10.1. The molecule has 0 aliphatic carbocycles. The Morgan fingerprint density at radius 3 is 2.72 bits per heavy atom. The van der Waals surface area contributed by atoms with Gasteiger partial charge in [0.25, 0.3) is 0 Å². The average Bonchev–Trinajstić information content (AvgIpc) is 2.93. The minimum Gasteiger partial charge on any atom is -0.306 e. The standard InChI is InChI=1S/C13H21N5/c1-5-17-7-6-12(16-17)18-10-14-8-11(18)9-15-13(2,3)4/h6-8,10,15H,5,9H2,1-4H3. The lowest BCUT2D eigenvalue weighted by Gasteiger charge is -2.20. The molecule has 0 aromatic carbocycles. The smallest absolute Gasteiger partial charge is 0.160 e. The number of nitrogens with zero attached hydrogens (tertiary/aromatic N) is 4. The molecule has 2 heterocycles. The fourth-order valence-corrected chi connectivity index (χ4v) is 1.67. The molecule has 1 N–H and O–H groups in total. The first-order chi connectivity index (χ1) is 8.49. The fraction of sp³-hybridized carbons (Fsp3) is 0.538. The summed E-state index contributed by atoms with van der Waals surface area (Å²) < 4.78 is 3.93. The zero-order valence-electron chi connectivity index (χ0n) is 11.5. The van der Waals surface area contributed by atoms with E-state index in [2.05, 4.69) is 43.1 Å². The molecule has 0 aliphatic heterocycles. The van der Waals surface area contributed by atoms with E-state index in [4.69, 9.17) is 0 Å². The second-order valence-corrected chi connectivity index (χ2v) is 5.39. The van der Waals surface area contributed by atoms with Gasteiger partial charge in [0.2, 0.25) is 0 Å². The molecule has 5 heteroatoms. The van der Waals surface area contributed by atoms with Crippen LogP contribution in [0.3, 0.4) is 0 Å². The van der Waals surface area contributed by atoms with Gasteiger partial charge in [-0.05, 0) is 27.7 Å². The van der Waals surface area contributed by atoms with E-state index >= 15 is 0 Å². The summed E-state index contributed by atoms with van der Waals surface area (Å²) in [5.41, 5.74) is 1.21. The molecule has 0 saturated heterocycles. The summed E-state index contributed by atoms with van der Waals surface area (Å²) in [4.78, 5) is 4.21. The molecule has 0 bridgehead atoms. The number of hydrogen-bond donors (Lipinski definition) is 1. The zero-order chi connectivity index (χ0) is 13.2. The van der Waals surface area contributed by atoms with Crippen molar-refractivity contribution < 1.29 is 0 Å². The van der Waals surface area contributed by atoms with Crippen LogP contribution in [0.2, 0.25) is 0 Å². The van der Waals surface area contributed by atoms with Crippen LogP contribution < -0.4 is 5.32 Å². The molecule has 0 saturated carbocycles. The number of imidazole rings is 1. The predicted molar refractivity (Wildman–Crippen MR) is 71.6 cm³/mol. The zero-order valence-corrected chi connectivity index (χ0v) is 11.5. The van der Waals surface area contributed by atoms with Crippen LogP contribution in [0.15, 0.2) is 24.8 Å². The van der Waals surface area contributed by atoms with Crippen molar-refractivity contribution in [1.82, 2.24) is 24.6 Å². The molecule has 18 heavy (non-hydrogen) atoms. The number of rotatable bonds is 4. The van der Waals surface area contributed by atoms with Gasteiger partial charge in [-0.25, -0.2) is 4.98 Å². The Hall–Kier alpha value is -1.62. The fourth-order valence-electron chi connectivity index (χ4n) is 1.67. The van der Waals surface area contributed by atoms with Gasteiger partial charge in [0.1, 0.15) is 6.33 Å². The molecule has 0 spiro atoms. The summed E-state index contributed by atoms with van der Waals surface area (Å²) in [7, 11) is 0. The van der Waals surface area contributed by atoms with Crippen LogP contribution >= 0.6 is 0 Å². The summed E-state index contributed by atoms with van der Waals surface area (Å²) in [6.07, 6.45) is 5.67. The van der Waals surface area contributed by atoms with Gasteiger partial charge in [0.15, 0.2) is 5.82 Å². The number of aromatic nitrogens is 4. The van der Waals surface area contributed by atoms with Gasteiger partial charge in [-0.1, -0.05) is 0 Å². The highest BCUT2D eigenvalue weighted by Crippen LogP contribution is 2.10. The van der Waals surface area contributed by atoms with E-state index in [0.29, 0.717) is 0 Å². The summed E-state index contributed by atoms with van der Waals surface area (Å²) in [5.74, 6) is 0.917. The number of aryl methyl sites for hydroxylation is 1. The molecule has 2 aromatic heterocycles. The maximum Gasteiger partial charge on any atom is 0.160 e. The Morgan fingerprint density at radius 2 is 2.11 bits per heavy atom. The maximum atomic E-state index is 4.49. The first-order valence-electron chi connectivity index (χ1n) is 6.29. The van der Waals surface area contributed by atoms with Gasteiger partial charge < -0.3 is 5.32 Å². The van der Waals surface area contributed by atoms with Gasteiger partial charge >= 0.3 is 0 Å². The minimum atomic E-state index is 0.0951. The Labute approximate surface area is 108 Å². The van der Waals surface area contributed by atoms with E-state index in [-0.39, 0.29) is 5.54 Å². The van der Waals surface area contributed by atoms with Crippen LogP contribution in [-0.2, 0) is 13.1 Å². The minimum absolute atomic E-state index is 0.0951. The van der Waals surface area contributed by atoms with Crippen molar-refractivity contribution in [2.45, 2.75) is 46.3 Å². The molecule has 0 fully saturated rings. The monoisotopic (exact) mass is 247 g/mol. The Bertz CT molecular complexity index is 503. The molecule has 0 aliphatic rings. The summed E-state index contributed by atoms with van der Waals surface area (Å²) in [6.45, 7) is 10.2. The largest absolute Gasteiger partial charge is 0.306 e. The SMILES string of the molecule is CCn1ccc(-n2cncc2CNC(C)(C)C)n1. The quantitative estimate of drug-likeness (QED) is 0.898. The molecule has 2 aromatic rings. The molecular formula is C13H21N5. The van der Waals surface area contributed by atoms with Crippen LogP contribution in [-0.4, -0.2) is 24.9 Å². The number of nitrogens with one attached hydrogen (secondary N) is 1. The highest BCUT2D eigenvalue weighted by molar-refractivity contribution is 5.23. The third-order valence-corrected chi connectivity index (χ3v) is 2.71. The van der Waals surface area contributed by atoms with Crippen LogP contribution in [0, 0.1) is 0 Å².